The minimum atomic E-state index is -4.60. The second-order valence-corrected chi connectivity index (χ2v) is 9.03. The van der Waals surface area contributed by atoms with E-state index in [0.717, 1.165) is 9.15 Å². The van der Waals surface area contributed by atoms with E-state index >= 15 is 0 Å². The summed E-state index contributed by atoms with van der Waals surface area (Å²) in [6, 6.07) is 8.79. The number of carbonyl (C=O) groups excluding carboxylic acids is 1. The lowest BCUT2D eigenvalue weighted by Crippen LogP contribution is -2.35. The van der Waals surface area contributed by atoms with Gasteiger partial charge in [0.2, 0.25) is 0 Å². The van der Waals surface area contributed by atoms with Crippen molar-refractivity contribution in [2.24, 2.45) is 0 Å². The summed E-state index contributed by atoms with van der Waals surface area (Å²) in [6.07, 6.45) is -4.92. The molecular formula is C21H16BrCl2F3N4O2. The second-order valence-electron chi connectivity index (χ2n) is 7.30. The molecule has 6 nitrogen and oxygen atoms in total. The number of methoxy groups -OCH3 is 1. The predicted molar refractivity (Wildman–Crippen MR) is 123 cm³/mol. The smallest absolute Gasteiger partial charge is 0.410 e. The fourth-order valence-electron chi connectivity index (χ4n) is 3.60. The maximum absolute atomic E-state index is 13.9. The number of ether oxygens (including phenoxy) is 1. The third-order valence-electron chi connectivity index (χ3n) is 5.19. The largest absolute Gasteiger partial charge is 0.495 e. The number of anilines is 2. The van der Waals surface area contributed by atoms with E-state index in [1.165, 1.54) is 25.3 Å². The molecular weight excluding hydrogens is 548 g/mol. The highest BCUT2D eigenvalue weighted by Gasteiger charge is 2.47. The SMILES string of the molecule is COc1cc(Cl)ccc1NC(=O)c1nn2c(c1Cl)N[C@H](c1ccc(Br)cc1)C[C@@H]2C(F)(F)F. The van der Waals surface area contributed by atoms with Crippen molar-refractivity contribution in [3.05, 3.63) is 68.2 Å². The molecule has 0 unspecified atom stereocenters. The van der Waals surface area contributed by atoms with E-state index in [4.69, 9.17) is 27.9 Å². The average Bonchev–Trinajstić information content (AvgIpc) is 3.10. The third-order valence-corrected chi connectivity index (χ3v) is 6.32. The molecule has 2 heterocycles. The van der Waals surface area contributed by atoms with Crippen molar-refractivity contribution in [3.63, 3.8) is 0 Å². The van der Waals surface area contributed by atoms with Crippen molar-refractivity contribution < 1.29 is 22.7 Å². The van der Waals surface area contributed by atoms with Crippen LogP contribution in [-0.4, -0.2) is 29.0 Å². The molecule has 0 aliphatic carbocycles. The number of amides is 1. The van der Waals surface area contributed by atoms with Gasteiger partial charge in [0, 0.05) is 22.0 Å². The number of halogens is 6. The van der Waals surface area contributed by atoms with Gasteiger partial charge < -0.3 is 15.4 Å². The van der Waals surface area contributed by atoms with Crippen molar-refractivity contribution >= 4 is 56.5 Å². The Hall–Kier alpha value is -2.43. The van der Waals surface area contributed by atoms with Gasteiger partial charge >= 0.3 is 6.18 Å². The molecule has 2 N–H and O–H groups in total. The van der Waals surface area contributed by atoms with Gasteiger partial charge in [-0.15, -0.1) is 0 Å². The molecule has 2 aromatic carbocycles. The van der Waals surface area contributed by atoms with Gasteiger partial charge in [-0.25, -0.2) is 4.68 Å². The zero-order chi connectivity index (χ0) is 23.9. The van der Waals surface area contributed by atoms with Crippen molar-refractivity contribution in [2.75, 3.05) is 17.7 Å². The van der Waals surface area contributed by atoms with Gasteiger partial charge in [-0.05, 0) is 29.8 Å². The molecule has 33 heavy (non-hydrogen) atoms. The molecule has 0 saturated heterocycles. The Balaban J connectivity index is 1.70. The third kappa shape index (κ3) is 4.78. The highest BCUT2D eigenvalue weighted by atomic mass is 79.9. The fraction of sp³-hybridized carbons (Fsp3) is 0.238. The Morgan fingerprint density at radius 2 is 1.94 bits per heavy atom. The minimum absolute atomic E-state index is 0.0774. The maximum atomic E-state index is 13.9. The van der Waals surface area contributed by atoms with Crippen molar-refractivity contribution in [2.45, 2.75) is 24.7 Å². The topological polar surface area (TPSA) is 68.2 Å². The number of fused-ring (bicyclic) bond motifs is 1. The number of nitrogens with one attached hydrogen (secondary N) is 2. The number of aromatic nitrogens is 2. The van der Waals surface area contributed by atoms with Gasteiger partial charge in [0.25, 0.3) is 5.91 Å². The summed E-state index contributed by atoms with van der Waals surface area (Å²) in [4.78, 5) is 12.9. The molecule has 1 aliphatic heterocycles. The number of hydrogen-bond acceptors (Lipinski definition) is 4. The molecule has 0 spiro atoms. The van der Waals surface area contributed by atoms with Crippen LogP contribution in [0, 0.1) is 0 Å². The predicted octanol–water partition coefficient (Wildman–Crippen LogP) is 6.87. The number of carbonyl (C=O) groups is 1. The average molecular weight is 564 g/mol. The van der Waals surface area contributed by atoms with Crippen molar-refractivity contribution in [1.29, 1.82) is 0 Å². The molecule has 174 valence electrons. The van der Waals surface area contributed by atoms with Crippen LogP contribution in [0.25, 0.3) is 0 Å². The zero-order valence-electron chi connectivity index (χ0n) is 16.9. The number of alkyl halides is 3. The number of hydrogen-bond donors (Lipinski definition) is 2. The normalized spacial score (nSPS) is 17.8. The first-order chi connectivity index (χ1) is 15.6. The van der Waals surface area contributed by atoms with Gasteiger partial charge in [-0.3, -0.25) is 4.79 Å². The van der Waals surface area contributed by atoms with E-state index in [1.807, 2.05) is 0 Å². The van der Waals surface area contributed by atoms with E-state index in [2.05, 4.69) is 31.7 Å². The van der Waals surface area contributed by atoms with Crippen LogP contribution in [0.15, 0.2) is 46.9 Å². The Labute approximate surface area is 205 Å². The first-order valence-electron chi connectivity index (χ1n) is 9.60. The number of nitrogens with zero attached hydrogens (tertiary/aromatic N) is 2. The molecule has 12 heteroatoms. The van der Waals surface area contributed by atoms with Crippen molar-refractivity contribution in [1.82, 2.24) is 9.78 Å². The molecule has 0 fully saturated rings. The van der Waals surface area contributed by atoms with Gasteiger partial charge in [0.05, 0.1) is 18.8 Å². The number of benzene rings is 2. The monoisotopic (exact) mass is 562 g/mol. The van der Waals surface area contributed by atoms with E-state index in [1.54, 1.807) is 24.3 Å². The highest BCUT2D eigenvalue weighted by molar-refractivity contribution is 9.10. The molecule has 4 rings (SSSR count). The van der Waals surface area contributed by atoms with Gasteiger partial charge in [-0.2, -0.15) is 18.3 Å². The summed E-state index contributed by atoms with van der Waals surface area (Å²) in [7, 11) is 1.39. The molecule has 1 aliphatic rings. The second kappa shape index (κ2) is 9.08. The lowest BCUT2D eigenvalue weighted by atomic mass is 9.97. The Morgan fingerprint density at radius 3 is 2.58 bits per heavy atom. The fourth-order valence-corrected chi connectivity index (χ4v) is 4.29. The summed E-state index contributed by atoms with van der Waals surface area (Å²) in [5.41, 5.74) is 0.566. The molecule has 2 atom stereocenters. The van der Waals surface area contributed by atoms with E-state index < -0.39 is 24.2 Å². The zero-order valence-corrected chi connectivity index (χ0v) is 20.0. The Morgan fingerprint density at radius 1 is 1.24 bits per heavy atom. The van der Waals surface area contributed by atoms with Crippen molar-refractivity contribution in [3.8, 4) is 5.75 Å². The summed E-state index contributed by atoms with van der Waals surface area (Å²) in [6.45, 7) is 0. The quantitative estimate of drug-likeness (QED) is 0.363. The van der Waals surface area contributed by atoms with Crippen LogP contribution in [0.4, 0.5) is 24.7 Å². The summed E-state index contributed by atoms with van der Waals surface area (Å²) < 4.78 is 48.5. The molecule has 0 bridgehead atoms. The molecule has 1 aromatic heterocycles. The first-order valence-corrected chi connectivity index (χ1v) is 11.1. The Kier molecular flexibility index (Phi) is 6.52. The lowest BCUT2D eigenvalue weighted by Gasteiger charge is -2.33. The van der Waals surface area contributed by atoms with Crippen LogP contribution >= 0.6 is 39.1 Å². The van der Waals surface area contributed by atoms with Crippen LogP contribution in [0.5, 0.6) is 5.75 Å². The summed E-state index contributed by atoms with van der Waals surface area (Å²) in [5.74, 6) is -0.589. The van der Waals surface area contributed by atoms with Gasteiger partial charge in [0.1, 0.15) is 16.6 Å². The molecule has 1 amide bonds. The van der Waals surface area contributed by atoms with Crippen LogP contribution in [-0.2, 0) is 0 Å². The van der Waals surface area contributed by atoms with Crippen LogP contribution in [0.3, 0.4) is 0 Å². The standard InChI is InChI=1S/C21H16BrCl2F3N4O2/c1-33-15-8-12(23)6-7-13(15)29-20(32)18-17(24)19-28-14(10-2-4-11(22)5-3-10)9-16(21(25,26)27)31(19)30-18/h2-8,14,16,28H,9H2,1H3,(H,29,32)/t14-,16+/m0/s1. The van der Waals surface area contributed by atoms with E-state index in [9.17, 15) is 18.0 Å². The lowest BCUT2D eigenvalue weighted by molar-refractivity contribution is -0.173. The van der Waals surface area contributed by atoms with E-state index in [-0.39, 0.29) is 34.4 Å². The molecule has 0 radical (unpaired) electrons. The van der Waals surface area contributed by atoms with E-state index in [0.29, 0.717) is 10.6 Å². The van der Waals surface area contributed by atoms with Crippen LogP contribution < -0.4 is 15.4 Å². The summed E-state index contributed by atoms with van der Waals surface area (Å²) >= 11 is 15.6. The van der Waals surface area contributed by atoms with Crippen LogP contribution in [0.1, 0.15) is 34.6 Å². The molecule has 0 saturated carbocycles. The number of rotatable bonds is 4. The highest BCUT2D eigenvalue weighted by Crippen LogP contribution is 2.46. The molecule has 3 aromatic rings. The van der Waals surface area contributed by atoms with Gasteiger partial charge in [0.15, 0.2) is 11.7 Å². The maximum Gasteiger partial charge on any atom is 0.410 e. The summed E-state index contributed by atoms with van der Waals surface area (Å²) in [5, 5.41) is 9.66. The first kappa shape index (κ1) is 23.7. The van der Waals surface area contributed by atoms with Gasteiger partial charge in [-0.1, -0.05) is 51.3 Å². The Bertz CT molecular complexity index is 1200. The van der Waals surface area contributed by atoms with Crippen LogP contribution in [0.2, 0.25) is 10.0 Å². The minimum Gasteiger partial charge on any atom is -0.495 e.